The van der Waals surface area contributed by atoms with Gasteiger partial charge in [-0.2, -0.15) is 0 Å². The van der Waals surface area contributed by atoms with Crippen LogP contribution in [-0.2, 0) is 5.21 Å². The maximum atomic E-state index is 12.0. The standard InChI is InChI=1S/C10H13NO/c12-11(8-4-5-9-11)10-6-2-1-3-7-10/h1-3,6-7H,4-5,8-9H2/q+1. The van der Waals surface area contributed by atoms with Gasteiger partial charge in [-0.15, -0.1) is 4.65 Å². The van der Waals surface area contributed by atoms with E-state index in [9.17, 15) is 5.21 Å². The Morgan fingerprint density at radius 1 is 1.00 bits per heavy atom. The van der Waals surface area contributed by atoms with E-state index in [-0.39, 0.29) is 4.65 Å². The maximum absolute atomic E-state index is 12.0. The van der Waals surface area contributed by atoms with Crippen LogP contribution in [0, 0.1) is 0 Å². The van der Waals surface area contributed by atoms with Crippen LogP contribution in [-0.4, -0.2) is 13.1 Å². The molecule has 0 unspecified atom stereocenters. The van der Waals surface area contributed by atoms with Gasteiger partial charge in [-0.05, 0) is 0 Å². The van der Waals surface area contributed by atoms with Gasteiger partial charge in [0.1, 0.15) is 13.1 Å². The Morgan fingerprint density at radius 3 is 2.17 bits per heavy atom. The number of hydrogen-bond acceptors (Lipinski definition) is 0. The van der Waals surface area contributed by atoms with Crippen LogP contribution in [0.15, 0.2) is 30.3 Å². The molecular formula is C10H13NO+. The molecule has 0 saturated carbocycles. The molecule has 1 heterocycles. The number of rotatable bonds is 1. The van der Waals surface area contributed by atoms with E-state index in [1.54, 1.807) is 0 Å². The Morgan fingerprint density at radius 2 is 1.58 bits per heavy atom. The molecule has 1 aromatic rings. The second-order valence-electron chi connectivity index (χ2n) is 3.38. The van der Waals surface area contributed by atoms with E-state index in [2.05, 4.69) is 0 Å². The van der Waals surface area contributed by atoms with Gasteiger partial charge in [0.2, 0.25) is 0 Å². The molecular weight excluding hydrogens is 150 g/mol. The minimum atomic E-state index is -0.110. The van der Waals surface area contributed by atoms with E-state index >= 15 is 0 Å². The quantitative estimate of drug-likeness (QED) is 0.565. The van der Waals surface area contributed by atoms with Crippen LogP contribution in [0.2, 0.25) is 0 Å². The highest BCUT2D eigenvalue weighted by Gasteiger charge is 2.35. The number of quaternary nitrogens is 1. The summed E-state index contributed by atoms with van der Waals surface area (Å²) >= 11 is 0. The fourth-order valence-electron chi connectivity index (χ4n) is 1.80. The average Bonchev–Trinajstić information content (AvgIpc) is 2.55. The number of para-hydroxylation sites is 1. The van der Waals surface area contributed by atoms with Crippen molar-refractivity contribution in [3.63, 3.8) is 0 Å². The summed E-state index contributed by atoms with van der Waals surface area (Å²) in [5.41, 5.74) is 0.912. The van der Waals surface area contributed by atoms with Gasteiger partial charge >= 0.3 is 0 Å². The third-order valence-corrected chi connectivity index (χ3v) is 2.52. The van der Waals surface area contributed by atoms with Gasteiger partial charge < -0.3 is 0 Å². The third kappa shape index (κ3) is 1.24. The molecule has 1 aliphatic rings. The fraction of sp³-hybridized carbons (Fsp3) is 0.400. The summed E-state index contributed by atoms with van der Waals surface area (Å²) < 4.78 is -0.110. The highest BCUT2D eigenvalue weighted by Crippen LogP contribution is 2.26. The van der Waals surface area contributed by atoms with Crippen molar-refractivity contribution < 1.29 is 5.21 Å². The molecule has 0 atom stereocenters. The van der Waals surface area contributed by atoms with Crippen LogP contribution in [0.4, 0.5) is 5.69 Å². The molecule has 2 nitrogen and oxygen atoms in total. The summed E-state index contributed by atoms with van der Waals surface area (Å²) in [5, 5.41) is 12.0. The zero-order chi connectivity index (χ0) is 8.44. The van der Waals surface area contributed by atoms with Crippen molar-refractivity contribution >= 4 is 5.69 Å². The molecule has 1 fully saturated rings. The van der Waals surface area contributed by atoms with Gasteiger partial charge in [-0.1, -0.05) is 18.2 Å². The molecule has 0 spiro atoms. The summed E-state index contributed by atoms with van der Waals surface area (Å²) in [6.07, 6.45) is 2.14. The fourth-order valence-corrected chi connectivity index (χ4v) is 1.80. The predicted molar refractivity (Wildman–Crippen MR) is 47.9 cm³/mol. The summed E-state index contributed by atoms with van der Waals surface area (Å²) in [6.45, 7) is 1.51. The zero-order valence-electron chi connectivity index (χ0n) is 7.07. The normalized spacial score (nSPS) is 21.1. The van der Waals surface area contributed by atoms with Crippen molar-refractivity contribution in [1.82, 2.24) is 4.65 Å². The van der Waals surface area contributed by atoms with Gasteiger partial charge in [-0.25, -0.2) is 0 Å². The van der Waals surface area contributed by atoms with Gasteiger partial charge in [0, 0.05) is 30.2 Å². The molecule has 0 N–H and O–H groups in total. The minimum absolute atomic E-state index is 0.110. The summed E-state index contributed by atoms with van der Waals surface area (Å²) in [5.74, 6) is 0. The molecule has 0 bridgehead atoms. The van der Waals surface area contributed by atoms with Crippen molar-refractivity contribution in [2.24, 2.45) is 0 Å². The first-order valence-corrected chi connectivity index (χ1v) is 4.45. The Labute approximate surface area is 72.6 Å². The summed E-state index contributed by atoms with van der Waals surface area (Å²) in [6, 6.07) is 9.68. The Hall–Kier alpha value is -0.860. The molecule has 1 aliphatic heterocycles. The minimum Gasteiger partial charge on any atom is -0.110 e. The molecule has 1 radical (unpaired) electrons. The van der Waals surface area contributed by atoms with Gasteiger partial charge in [0.25, 0.3) is 0 Å². The van der Waals surface area contributed by atoms with Crippen molar-refractivity contribution in [1.29, 1.82) is 0 Å². The lowest BCUT2D eigenvalue weighted by Crippen LogP contribution is -2.40. The van der Waals surface area contributed by atoms with E-state index in [1.807, 2.05) is 30.3 Å². The maximum Gasteiger partial charge on any atom is 0.168 e. The van der Waals surface area contributed by atoms with Crippen LogP contribution in [0.1, 0.15) is 12.8 Å². The lowest BCUT2D eigenvalue weighted by atomic mass is 10.3. The topological polar surface area (TPSA) is 19.9 Å². The number of nitrogens with zero attached hydrogens (tertiary/aromatic N) is 1. The van der Waals surface area contributed by atoms with Crippen LogP contribution in [0.5, 0.6) is 0 Å². The molecule has 1 aromatic carbocycles. The number of hydrogen-bond donors (Lipinski definition) is 0. The van der Waals surface area contributed by atoms with E-state index in [1.165, 1.54) is 0 Å². The second kappa shape index (κ2) is 2.88. The third-order valence-electron chi connectivity index (χ3n) is 2.52. The van der Waals surface area contributed by atoms with Gasteiger partial charge in [-0.3, -0.25) is 0 Å². The van der Waals surface area contributed by atoms with E-state index in [0.29, 0.717) is 0 Å². The van der Waals surface area contributed by atoms with Crippen LogP contribution >= 0.6 is 0 Å². The Bertz CT molecular complexity index is 252. The van der Waals surface area contributed by atoms with Crippen molar-refractivity contribution in [3.05, 3.63) is 30.3 Å². The van der Waals surface area contributed by atoms with Crippen LogP contribution in [0.25, 0.3) is 0 Å². The summed E-state index contributed by atoms with van der Waals surface area (Å²) in [4.78, 5) is 0. The van der Waals surface area contributed by atoms with E-state index in [0.717, 1.165) is 31.6 Å². The largest absolute Gasteiger partial charge is 0.168 e. The molecule has 0 amide bonds. The summed E-state index contributed by atoms with van der Waals surface area (Å²) in [7, 11) is 0. The van der Waals surface area contributed by atoms with Crippen molar-refractivity contribution in [3.8, 4) is 0 Å². The molecule has 12 heavy (non-hydrogen) atoms. The van der Waals surface area contributed by atoms with Crippen molar-refractivity contribution in [2.45, 2.75) is 12.8 Å². The lowest BCUT2D eigenvalue weighted by Gasteiger charge is -2.19. The smallest absolute Gasteiger partial charge is 0.110 e. The Kier molecular flexibility index (Phi) is 1.87. The van der Waals surface area contributed by atoms with E-state index < -0.39 is 0 Å². The zero-order valence-corrected chi connectivity index (χ0v) is 7.07. The van der Waals surface area contributed by atoms with E-state index in [4.69, 9.17) is 0 Å². The molecule has 2 rings (SSSR count). The molecule has 0 aromatic heterocycles. The van der Waals surface area contributed by atoms with Crippen molar-refractivity contribution in [2.75, 3.05) is 13.1 Å². The first-order chi connectivity index (χ1) is 5.81. The highest BCUT2D eigenvalue weighted by atomic mass is 16.5. The molecule has 1 saturated heterocycles. The molecule has 63 valence electrons. The molecule has 0 aliphatic carbocycles. The Balaban J connectivity index is 2.29. The number of hydroxylamine groups is 2. The SMILES string of the molecule is [O][N+]1(c2ccccc2)CCCC1. The predicted octanol–water partition coefficient (Wildman–Crippen LogP) is 2.13. The van der Waals surface area contributed by atoms with Gasteiger partial charge in [0.15, 0.2) is 5.69 Å². The second-order valence-corrected chi connectivity index (χ2v) is 3.38. The van der Waals surface area contributed by atoms with Crippen LogP contribution in [0.3, 0.4) is 0 Å². The highest BCUT2D eigenvalue weighted by molar-refractivity contribution is 5.40. The average molecular weight is 163 g/mol. The number of benzene rings is 1. The first kappa shape index (κ1) is 7.77. The molecule has 2 heteroatoms. The first-order valence-electron chi connectivity index (χ1n) is 4.45. The van der Waals surface area contributed by atoms with Crippen LogP contribution < -0.4 is 4.65 Å². The monoisotopic (exact) mass is 163 g/mol. The lowest BCUT2D eigenvalue weighted by molar-refractivity contribution is -0.126. The van der Waals surface area contributed by atoms with Gasteiger partial charge in [0.05, 0.1) is 0 Å².